The fourth-order valence-corrected chi connectivity index (χ4v) is 4.50. The molecule has 2 heterocycles. The molecule has 0 radical (unpaired) electrons. The third-order valence-corrected chi connectivity index (χ3v) is 6.63. The minimum absolute atomic E-state index is 0.0328. The summed E-state index contributed by atoms with van der Waals surface area (Å²) in [5.41, 5.74) is -0.729. The van der Waals surface area contributed by atoms with Crippen LogP contribution in [0.2, 0.25) is 5.02 Å². The van der Waals surface area contributed by atoms with E-state index >= 15 is 0 Å². The Labute approximate surface area is 234 Å². The Hall–Kier alpha value is -4.26. The van der Waals surface area contributed by atoms with Gasteiger partial charge in [0.25, 0.3) is 6.43 Å². The molecule has 41 heavy (non-hydrogen) atoms. The molecule has 1 fully saturated rings. The fraction of sp³-hybridized carbons (Fsp3) is 0.222. The van der Waals surface area contributed by atoms with E-state index in [0.717, 1.165) is 38.1 Å². The predicted molar refractivity (Wildman–Crippen MR) is 141 cm³/mol. The first kappa shape index (κ1) is 28.3. The number of carbonyl (C=O) groups is 1. The number of nitrogens with zero attached hydrogens (tertiary/aromatic N) is 3. The van der Waals surface area contributed by atoms with E-state index in [1.165, 1.54) is 24.3 Å². The summed E-state index contributed by atoms with van der Waals surface area (Å²) in [4.78, 5) is 23.3. The van der Waals surface area contributed by atoms with Crippen LogP contribution < -0.4 is 20.3 Å². The average Bonchev–Trinajstić information content (AvgIpc) is 3.49. The maximum Gasteiger partial charge on any atom is 0.323 e. The Morgan fingerprint density at radius 2 is 1.71 bits per heavy atom. The van der Waals surface area contributed by atoms with E-state index in [9.17, 15) is 31.1 Å². The molecule has 214 valence electrons. The van der Waals surface area contributed by atoms with E-state index in [0.29, 0.717) is 22.9 Å². The first-order chi connectivity index (χ1) is 19.6. The molecule has 5 rings (SSSR count). The Balaban J connectivity index is 1.33. The van der Waals surface area contributed by atoms with Crippen molar-refractivity contribution < 1.29 is 35.9 Å². The van der Waals surface area contributed by atoms with Gasteiger partial charge < -0.3 is 20.3 Å². The number of urea groups is 1. The van der Waals surface area contributed by atoms with E-state index in [2.05, 4.69) is 20.2 Å². The minimum atomic E-state index is -3.37. The lowest BCUT2D eigenvalue weighted by atomic mass is 10.1. The molecule has 0 saturated carbocycles. The quantitative estimate of drug-likeness (QED) is 0.167. The maximum absolute atomic E-state index is 14.9. The van der Waals surface area contributed by atoms with E-state index in [-0.39, 0.29) is 16.5 Å². The van der Waals surface area contributed by atoms with Gasteiger partial charge in [0.05, 0.1) is 22.9 Å². The smallest absolute Gasteiger partial charge is 0.323 e. The second-order valence-electron chi connectivity index (χ2n) is 9.09. The summed E-state index contributed by atoms with van der Waals surface area (Å²) < 4.78 is 89.0. The van der Waals surface area contributed by atoms with E-state index in [1.54, 1.807) is 6.20 Å². The second kappa shape index (κ2) is 11.7. The van der Waals surface area contributed by atoms with Gasteiger partial charge in [0.2, 0.25) is 11.6 Å². The lowest BCUT2D eigenvalue weighted by Crippen LogP contribution is -2.21. The number of hydrogen-bond acceptors (Lipinski definition) is 5. The molecule has 1 aliphatic rings. The van der Waals surface area contributed by atoms with E-state index < -0.39 is 53.1 Å². The highest BCUT2D eigenvalue weighted by molar-refractivity contribution is 6.31. The molecule has 3 aromatic carbocycles. The number of halogens is 7. The SMILES string of the molecule is O=C(Nc1ccc(Cl)c(C(F)C(F)F)c1)Nc1cc(F)c(Oc2ccc3ncc(N4CCCC4)nc3c2)c(F)c1F. The van der Waals surface area contributed by atoms with Gasteiger partial charge in [-0.3, -0.25) is 4.98 Å². The van der Waals surface area contributed by atoms with Crippen LogP contribution in [0, 0.1) is 17.5 Å². The summed E-state index contributed by atoms with van der Waals surface area (Å²) in [7, 11) is 0. The molecule has 1 aromatic heterocycles. The lowest BCUT2D eigenvalue weighted by Gasteiger charge is -2.16. The van der Waals surface area contributed by atoms with Crippen molar-refractivity contribution in [2.24, 2.45) is 0 Å². The molecule has 0 bridgehead atoms. The average molecular weight is 596 g/mol. The van der Waals surface area contributed by atoms with Crippen LogP contribution >= 0.6 is 11.6 Å². The maximum atomic E-state index is 14.9. The summed E-state index contributed by atoms with van der Waals surface area (Å²) in [6.45, 7) is 1.67. The fourth-order valence-electron chi connectivity index (χ4n) is 4.28. The molecule has 2 N–H and O–H groups in total. The van der Waals surface area contributed by atoms with Crippen LogP contribution in [0.3, 0.4) is 0 Å². The van der Waals surface area contributed by atoms with Crippen LogP contribution in [-0.4, -0.2) is 35.5 Å². The zero-order valence-electron chi connectivity index (χ0n) is 20.9. The number of amides is 2. The van der Waals surface area contributed by atoms with Crippen molar-refractivity contribution in [3.63, 3.8) is 0 Å². The van der Waals surface area contributed by atoms with Crippen molar-refractivity contribution in [1.29, 1.82) is 0 Å². The molecule has 2 amide bonds. The Bertz CT molecular complexity index is 1620. The molecule has 0 spiro atoms. The normalized spacial score (nSPS) is 14.0. The van der Waals surface area contributed by atoms with Crippen LogP contribution in [-0.2, 0) is 0 Å². The van der Waals surface area contributed by atoms with E-state index in [4.69, 9.17) is 16.3 Å². The summed E-state index contributed by atoms with van der Waals surface area (Å²) in [5.74, 6) is -5.12. The van der Waals surface area contributed by atoms with Crippen LogP contribution in [0.15, 0.2) is 48.7 Å². The molecule has 1 atom stereocenters. The molecule has 4 aromatic rings. The molecule has 1 aliphatic heterocycles. The van der Waals surface area contributed by atoms with Crippen molar-refractivity contribution >= 4 is 45.9 Å². The Kier molecular flexibility index (Phi) is 8.06. The van der Waals surface area contributed by atoms with Crippen LogP contribution in [0.1, 0.15) is 24.6 Å². The first-order valence-corrected chi connectivity index (χ1v) is 12.7. The lowest BCUT2D eigenvalue weighted by molar-refractivity contribution is 0.0496. The van der Waals surface area contributed by atoms with Gasteiger partial charge in [-0.05, 0) is 43.2 Å². The number of aromatic nitrogens is 2. The zero-order valence-corrected chi connectivity index (χ0v) is 21.7. The molecule has 14 heteroatoms. The minimum Gasteiger partial charge on any atom is -0.451 e. The third-order valence-electron chi connectivity index (χ3n) is 6.29. The van der Waals surface area contributed by atoms with Crippen molar-refractivity contribution in [2.75, 3.05) is 28.6 Å². The summed E-state index contributed by atoms with van der Waals surface area (Å²) in [5, 5.41) is 3.75. The van der Waals surface area contributed by atoms with E-state index in [1.807, 2.05) is 5.32 Å². The van der Waals surface area contributed by atoms with Gasteiger partial charge in [-0.15, -0.1) is 0 Å². The number of carbonyl (C=O) groups excluding carboxylic acids is 1. The highest BCUT2D eigenvalue weighted by Crippen LogP contribution is 2.35. The van der Waals surface area contributed by atoms with Gasteiger partial charge >= 0.3 is 6.03 Å². The van der Waals surface area contributed by atoms with Gasteiger partial charge in [0.15, 0.2) is 17.8 Å². The number of alkyl halides is 3. The van der Waals surface area contributed by atoms with Gasteiger partial charge in [-0.2, -0.15) is 4.39 Å². The van der Waals surface area contributed by atoms with Gasteiger partial charge in [0, 0.05) is 41.5 Å². The number of benzene rings is 3. The number of anilines is 3. The Morgan fingerprint density at radius 1 is 0.951 bits per heavy atom. The van der Waals surface area contributed by atoms with Crippen molar-refractivity contribution in [1.82, 2.24) is 9.97 Å². The van der Waals surface area contributed by atoms with Crippen molar-refractivity contribution in [3.05, 3.63) is 76.7 Å². The highest BCUT2D eigenvalue weighted by atomic mass is 35.5. The molecule has 1 saturated heterocycles. The highest BCUT2D eigenvalue weighted by Gasteiger charge is 2.25. The number of ether oxygens (including phenoxy) is 1. The van der Waals surface area contributed by atoms with Gasteiger partial charge in [-0.1, -0.05) is 11.6 Å². The molecule has 0 aliphatic carbocycles. The molecule has 1 unspecified atom stereocenters. The van der Waals surface area contributed by atoms with Crippen LogP contribution in [0.25, 0.3) is 11.0 Å². The summed E-state index contributed by atoms with van der Waals surface area (Å²) in [6, 6.07) is 6.73. The van der Waals surface area contributed by atoms with Crippen molar-refractivity contribution in [2.45, 2.75) is 25.4 Å². The zero-order chi connectivity index (χ0) is 29.3. The third kappa shape index (κ3) is 6.09. The van der Waals surface area contributed by atoms with Crippen LogP contribution in [0.4, 0.5) is 48.3 Å². The molecule has 7 nitrogen and oxygen atoms in total. The standard InChI is InChI=1S/C27H20ClF6N5O2/c28-16-5-3-13(9-15(16)22(30)26(33)34)36-27(40)38-20-11-17(29)25(24(32)23(20)31)41-14-4-6-18-19(10-14)37-21(12-35-18)39-7-1-2-8-39/h3-6,9-12,22,26H,1-2,7-8H2,(H2,36,38,40). The first-order valence-electron chi connectivity index (χ1n) is 12.3. The monoisotopic (exact) mass is 595 g/mol. The number of nitrogens with one attached hydrogen (secondary N) is 2. The Morgan fingerprint density at radius 3 is 2.44 bits per heavy atom. The second-order valence-corrected chi connectivity index (χ2v) is 9.50. The predicted octanol–water partition coefficient (Wildman–Crippen LogP) is 8.01. The van der Waals surface area contributed by atoms with Gasteiger partial charge in [0.1, 0.15) is 11.6 Å². The molecular weight excluding hydrogens is 576 g/mol. The largest absolute Gasteiger partial charge is 0.451 e. The van der Waals surface area contributed by atoms with Crippen molar-refractivity contribution in [3.8, 4) is 11.5 Å². The topological polar surface area (TPSA) is 79.4 Å². The number of hydrogen-bond donors (Lipinski definition) is 2. The number of rotatable bonds is 7. The summed E-state index contributed by atoms with van der Waals surface area (Å²) in [6.07, 6.45) is -2.39. The molecular formula is C27H20ClF6N5O2. The van der Waals surface area contributed by atoms with Crippen LogP contribution in [0.5, 0.6) is 11.5 Å². The number of fused-ring (bicyclic) bond motifs is 1. The van der Waals surface area contributed by atoms with Gasteiger partial charge in [-0.25, -0.2) is 31.7 Å². The summed E-state index contributed by atoms with van der Waals surface area (Å²) >= 11 is 5.74.